The summed E-state index contributed by atoms with van der Waals surface area (Å²) < 4.78 is 0. The van der Waals surface area contributed by atoms with Crippen molar-refractivity contribution in [1.82, 2.24) is 0 Å². The second-order valence-electron chi connectivity index (χ2n) is 4.57. The number of benzene rings is 2. The summed E-state index contributed by atoms with van der Waals surface area (Å²) >= 11 is 0. The fourth-order valence-electron chi connectivity index (χ4n) is 1.88. The monoisotopic (exact) mass is 279 g/mol. The average molecular weight is 279 g/mol. The van der Waals surface area contributed by atoms with Crippen molar-refractivity contribution >= 4 is 11.6 Å². The third-order valence-corrected chi connectivity index (χ3v) is 2.82. The van der Waals surface area contributed by atoms with Gasteiger partial charge in [-0.3, -0.25) is 4.79 Å². The molecule has 0 heterocycles. The molecular formula is C18H17NO2. The molecule has 0 aliphatic rings. The molecule has 2 rings (SSSR count). The number of aliphatic hydroxyl groups excluding tert-OH is 1. The SMILES string of the molecule is O=C(Cc1ccccc1)Nc1cccc(C#CCCO)c1. The first-order chi connectivity index (χ1) is 10.3. The highest BCUT2D eigenvalue weighted by atomic mass is 16.2. The molecule has 0 saturated heterocycles. The topological polar surface area (TPSA) is 49.3 Å². The maximum Gasteiger partial charge on any atom is 0.228 e. The molecular weight excluding hydrogens is 262 g/mol. The smallest absolute Gasteiger partial charge is 0.228 e. The van der Waals surface area contributed by atoms with Crippen LogP contribution in [0.25, 0.3) is 0 Å². The summed E-state index contributed by atoms with van der Waals surface area (Å²) in [6.45, 7) is 0.0561. The van der Waals surface area contributed by atoms with Gasteiger partial charge in [0.25, 0.3) is 0 Å². The van der Waals surface area contributed by atoms with Crippen LogP contribution in [0.5, 0.6) is 0 Å². The Labute approximate surface area is 124 Å². The Kier molecular flexibility index (Phi) is 5.57. The van der Waals surface area contributed by atoms with E-state index in [4.69, 9.17) is 5.11 Å². The summed E-state index contributed by atoms with van der Waals surface area (Å²) in [7, 11) is 0. The maximum atomic E-state index is 12.0. The first kappa shape index (κ1) is 14.8. The molecule has 0 atom stereocenters. The van der Waals surface area contributed by atoms with E-state index in [1.807, 2.05) is 54.6 Å². The molecule has 106 valence electrons. The molecule has 21 heavy (non-hydrogen) atoms. The van der Waals surface area contributed by atoms with Gasteiger partial charge in [-0.25, -0.2) is 0 Å². The molecule has 1 amide bonds. The van der Waals surface area contributed by atoms with Crippen molar-refractivity contribution in [2.75, 3.05) is 11.9 Å². The van der Waals surface area contributed by atoms with E-state index in [9.17, 15) is 4.79 Å². The lowest BCUT2D eigenvalue weighted by Crippen LogP contribution is -2.14. The van der Waals surface area contributed by atoms with Crippen molar-refractivity contribution in [2.24, 2.45) is 0 Å². The van der Waals surface area contributed by atoms with Gasteiger partial charge in [0, 0.05) is 17.7 Å². The van der Waals surface area contributed by atoms with Crippen LogP contribution in [0.2, 0.25) is 0 Å². The van der Waals surface area contributed by atoms with Gasteiger partial charge in [0.2, 0.25) is 5.91 Å². The van der Waals surface area contributed by atoms with Crippen LogP contribution in [0, 0.1) is 11.8 Å². The van der Waals surface area contributed by atoms with E-state index in [1.165, 1.54) is 0 Å². The van der Waals surface area contributed by atoms with Gasteiger partial charge >= 0.3 is 0 Å². The predicted octanol–water partition coefficient (Wildman–Crippen LogP) is 2.60. The highest BCUT2D eigenvalue weighted by Crippen LogP contribution is 2.11. The molecule has 0 aliphatic heterocycles. The van der Waals surface area contributed by atoms with Crippen LogP contribution in [-0.2, 0) is 11.2 Å². The van der Waals surface area contributed by atoms with Gasteiger partial charge in [-0.15, -0.1) is 0 Å². The number of carbonyl (C=O) groups is 1. The van der Waals surface area contributed by atoms with E-state index in [-0.39, 0.29) is 12.5 Å². The molecule has 0 unspecified atom stereocenters. The summed E-state index contributed by atoms with van der Waals surface area (Å²) in [6.07, 6.45) is 0.797. The lowest BCUT2D eigenvalue weighted by Gasteiger charge is -2.05. The number of amides is 1. The standard InChI is InChI=1S/C18H17NO2/c20-12-5-4-9-15-10-6-11-17(13-15)19-18(21)14-16-7-2-1-3-8-16/h1-3,6-8,10-11,13,20H,5,12,14H2,(H,19,21). The van der Waals surface area contributed by atoms with Crippen molar-refractivity contribution in [3.63, 3.8) is 0 Å². The lowest BCUT2D eigenvalue weighted by atomic mass is 10.1. The van der Waals surface area contributed by atoms with Crippen LogP contribution >= 0.6 is 0 Å². The Morgan fingerprint density at radius 1 is 1.10 bits per heavy atom. The molecule has 0 saturated carbocycles. The zero-order valence-electron chi connectivity index (χ0n) is 11.7. The number of anilines is 1. The van der Waals surface area contributed by atoms with Crippen molar-refractivity contribution in [3.8, 4) is 11.8 Å². The number of hydrogen-bond donors (Lipinski definition) is 2. The minimum absolute atomic E-state index is 0.0540. The Morgan fingerprint density at radius 2 is 1.90 bits per heavy atom. The zero-order valence-corrected chi connectivity index (χ0v) is 11.7. The molecule has 3 nitrogen and oxygen atoms in total. The summed E-state index contributed by atoms with van der Waals surface area (Å²) in [6, 6.07) is 17.0. The van der Waals surface area contributed by atoms with Crippen LogP contribution in [0.3, 0.4) is 0 Å². The Morgan fingerprint density at radius 3 is 2.67 bits per heavy atom. The second kappa shape index (κ2) is 7.88. The Balaban J connectivity index is 1.98. The van der Waals surface area contributed by atoms with Gasteiger partial charge in [0.15, 0.2) is 0 Å². The van der Waals surface area contributed by atoms with Gasteiger partial charge in [-0.1, -0.05) is 48.2 Å². The van der Waals surface area contributed by atoms with Gasteiger partial charge < -0.3 is 10.4 Å². The fourth-order valence-corrected chi connectivity index (χ4v) is 1.88. The van der Waals surface area contributed by atoms with Crippen LogP contribution in [0.15, 0.2) is 54.6 Å². The predicted molar refractivity (Wildman–Crippen MR) is 83.8 cm³/mol. The molecule has 0 aromatic heterocycles. The van der Waals surface area contributed by atoms with Gasteiger partial charge in [-0.2, -0.15) is 0 Å². The Bertz CT molecular complexity index is 654. The minimum Gasteiger partial charge on any atom is -0.395 e. The van der Waals surface area contributed by atoms with Gasteiger partial charge in [-0.05, 0) is 23.8 Å². The Hall–Kier alpha value is -2.57. The number of carbonyl (C=O) groups excluding carboxylic acids is 1. The molecule has 2 N–H and O–H groups in total. The van der Waals surface area contributed by atoms with Crippen LogP contribution < -0.4 is 5.32 Å². The van der Waals surface area contributed by atoms with E-state index in [0.717, 1.165) is 16.8 Å². The zero-order chi connectivity index (χ0) is 14.9. The van der Waals surface area contributed by atoms with E-state index in [0.29, 0.717) is 12.8 Å². The molecule has 0 bridgehead atoms. The summed E-state index contributed by atoms with van der Waals surface area (Å²) in [5.41, 5.74) is 2.53. The van der Waals surface area contributed by atoms with Crippen LogP contribution in [0.4, 0.5) is 5.69 Å². The van der Waals surface area contributed by atoms with E-state index >= 15 is 0 Å². The highest BCUT2D eigenvalue weighted by Gasteiger charge is 2.03. The van der Waals surface area contributed by atoms with E-state index in [1.54, 1.807) is 0 Å². The normalized spacial score (nSPS) is 9.57. The van der Waals surface area contributed by atoms with Crippen molar-refractivity contribution in [3.05, 3.63) is 65.7 Å². The minimum atomic E-state index is -0.0540. The first-order valence-corrected chi connectivity index (χ1v) is 6.81. The average Bonchev–Trinajstić information content (AvgIpc) is 2.49. The quantitative estimate of drug-likeness (QED) is 0.845. The third-order valence-electron chi connectivity index (χ3n) is 2.82. The summed E-state index contributed by atoms with van der Waals surface area (Å²) in [5, 5.41) is 11.6. The molecule has 2 aromatic rings. The summed E-state index contributed by atoms with van der Waals surface area (Å²) in [5.74, 6) is 5.75. The largest absolute Gasteiger partial charge is 0.395 e. The number of nitrogens with one attached hydrogen (secondary N) is 1. The highest BCUT2D eigenvalue weighted by molar-refractivity contribution is 5.92. The number of rotatable bonds is 4. The second-order valence-corrected chi connectivity index (χ2v) is 4.57. The fraction of sp³-hybridized carbons (Fsp3) is 0.167. The lowest BCUT2D eigenvalue weighted by molar-refractivity contribution is -0.115. The van der Waals surface area contributed by atoms with Crippen molar-refractivity contribution in [2.45, 2.75) is 12.8 Å². The molecule has 0 aliphatic carbocycles. The molecule has 2 aromatic carbocycles. The maximum absolute atomic E-state index is 12.0. The van der Waals surface area contributed by atoms with Gasteiger partial charge in [0.1, 0.15) is 0 Å². The van der Waals surface area contributed by atoms with Crippen molar-refractivity contribution < 1.29 is 9.90 Å². The number of hydrogen-bond acceptors (Lipinski definition) is 2. The molecule has 0 fully saturated rings. The van der Waals surface area contributed by atoms with Crippen LogP contribution in [-0.4, -0.2) is 17.6 Å². The first-order valence-electron chi connectivity index (χ1n) is 6.81. The van der Waals surface area contributed by atoms with E-state index in [2.05, 4.69) is 17.2 Å². The number of aliphatic hydroxyl groups is 1. The third kappa shape index (κ3) is 5.13. The van der Waals surface area contributed by atoms with Gasteiger partial charge in [0.05, 0.1) is 13.0 Å². The molecule has 3 heteroatoms. The summed E-state index contributed by atoms with van der Waals surface area (Å²) in [4.78, 5) is 12.0. The molecule has 0 radical (unpaired) electrons. The molecule has 0 spiro atoms. The van der Waals surface area contributed by atoms with Crippen molar-refractivity contribution in [1.29, 1.82) is 0 Å². The van der Waals surface area contributed by atoms with E-state index < -0.39 is 0 Å². The van der Waals surface area contributed by atoms with Crippen LogP contribution in [0.1, 0.15) is 17.5 Å².